The molecule has 1 unspecified atom stereocenters. The van der Waals surface area contributed by atoms with E-state index in [1.165, 1.54) is 38.3 Å². The third kappa shape index (κ3) is 25.1. The number of benzene rings is 1. The standard InChI is InChI=1S/C17H26F2OS.C13H17N3.C10H16.C5H10O/c1-4-7-13-12-15(10-11-16(13)20-17(18)19)21-14(8-5-2)9-6-3;1-8(2)11(6-14)13-5-9(3)12(7-16-13)10(4)15;1-4-6-7-8-9-10(3)5-2;1-3-4-5(2)6/h10-12,14,17H,4-9H2,1-3H3;5-7,14-15H,1-4H3;8-10H,4-5H2,1-3H3;3-4H2,1-2H3/b;;9-8-;. The van der Waals surface area contributed by atoms with Gasteiger partial charge in [-0.3, -0.25) is 4.98 Å². The summed E-state index contributed by atoms with van der Waals surface area (Å²) >= 11 is 1.86. The van der Waals surface area contributed by atoms with Crippen LogP contribution in [0, 0.1) is 35.5 Å². The molecule has 0 aliphatic heterocycles. The molecule has 0 aliphatic carbocycles. The molecule has 2 aromatic rings. The second-order valence-electron chi connectivity index (χ2n) is 13.2. The fourth-order valence-electron chi connectivity index (χ4n) is 4.84. The van der Waals surface area contributed by atoms with E-state index in [9.17, 15) is 13.6 Å². The molecule has 5 nitrogen and oxygen atoms in total. The molecule has 296 valence electrons. The molecular formula is C45H69F2N3O2S. The van der Waals surface area contributed by atoms with Crippen molar-refractivity contribution in [3.05, 3.63) is 70.6 Å². The summed E-state index contributed by atoms with van der Waals surface area (Å²) < 4.78 is 29.5. The number of halogens is 2. The summed E-state index contributed by atoms with van der Waals surface area (Å²) in [6, 6.07) is 7.54. The number of ketones is 1. The summed E-state index contributed by atoms with van der Waals surface area (Å²) in [5.41, 5.74) is 6.01. The average molecular weight is 754 g/mol. The molecule has 0 radical (unpaired) electrons. The lowest BCUT2D eigenvalue weighted by atomic mass is 10.0. The molecule has 0 fully saturated rings. The predicted molar refractivity (Wildman–Crippen MR) is 227 cm³/mol. The number of carbonyl (C=O) groups excluding carboxylic acids is 1. The van der Waals surface area contributed by atoms with Crippen LogP contribution < -0.4 is 4.74 Å². The first-order valence-electron chi connectivity index (χ1n) is 19.2. The second-order valence-corrected chi connectivity index (χ2v) is 14.5. The van der Waals surface area contributed by atoms with E-state index in [-0.39, 0.29) is 5.78 Å². The molecule has 1 aromatic heterocycles. The van der Waals surface area contributed by atoms with Gasteiger partial charge in [0.2, 0.25) is 0 Å². The first-order chi connectivity index (χ1) is 25.1. The number of carbonyl (C=O) groups is 1. The molecule has 2 rings (SSSR count). The Morgan fingerprint density at radius 1 is 0.981 bits per heavy atom. The Hall–Kier alpha value is -3.57. The van der Waals surface area contributed by atoms with Gasteiger partial charge < -0.3 is 20.3 Å². The maximum atomic E-state index is 12.4. The smallest absolute Gasteiger partial charge is 0.387 e. The topological polar surface area (TPSA) is 86.9 Å². The predicted octanol–water partition coefficient (Wildman–Crippen LogP) is 13.9. The summed E-state index contributed by atoms with van der Waals surface area (Å²) in [7, 11) is 0. The number of pyridine rings is 1. The zero-order valence-corrected chi connectivity index (χ0v) is 35.7. The van der Waals surface area contributed by atoms with E-state index in [1.807, 2.05) is 70.7 Å². The molecule has 0 saturated carbocycles. The first-order valence-corrected chi connectivity index (χ1v) is 20.1. The Labute approximate surface area is 326 Å². The lowest BCUT2D eigenvalue weighted by Crippen LogP contribution is -2.05. The van der Waals surface area contributed by atoms with Crippen molar-refractivity contribution in [2.45, 2.75) is 164 Å². The van der Waals surface area contributed by atoms with Gasteiger partial charge in [0.15, 0.2) is 0 Å². The number of thioether (sulfide) groups is 1. The van der Waals surface area contributed by atoms with Gasteiger partial charge >= 0.3 is 6.61 Å². The van der Waals surface area contributed by atoms with E-state index >= 15 is 0 Å². The number of aryl methyl sites for hydroxylation is 2. The molecular weight excluding hydrogens is 685 g/mol. The quantitative estimate of drug-likeness (QED) is 0.0956. The minimum atomic E-state index is -2.76. The van der Waals surface area contributed by atoms with Crippen molar-refractivity contribution in [1.29, 1.82) is 10.8 Å². The van der Waals surface area contributed by atoms with E-state index < -0.39 is 6.61 Å². The van der Waals surface area contributed by atoms with Crippen molar-refractivity contribution >= 4 is 35.0 Å². The van der Waals surface area contributed by atoms with Gasteiger partial charge in [0.1, 0.15) is 11.5 Å². The monoisotopic (exact) mass is 754 g/mol. The van der Waals surface area contributed by atoms with Crippen LogP contribution in [-0.4, -0.2) is 34.6 Å². The van der Waals surface area contributed by atoms with Crippen molar-refractivity contribution < 1.29 is 18.3 Å². The maximum absolute atomic E-state index is 12.4. The third-order valence-corrected chi connectivity index (χ3v) is 9.13. The van der Waals surface area contributed by atoms with E-state index in [4.69, 9.17) is 10.8 Å². The number of alkyl halides is 2. The maximum Gasteiger partial charge on any atom is 0.387 e. The molecule has 0 bridgehead atoms. The highest BCUT2D eigenvalue weighted by molar-refractivity contribution is 8.00. The molecule has 0 aliphatic rings. The fraction of sp³-hybridized carbons (Fsp3) is 0.556. The van der Waals surface area contributed by atoms with Gasteiger partial charge in [-0.25, -0.2) is 0 Å². The van der Waals surface area contributed by atoms with Crippen LogP contribution in [0.3, 0.4) is 0 Å². The average Bonchev–Trinajstić information content (AvgIpc) is 3.09. The summed E-state index contributed by atoms with van der Waals surface area (Å²) in [6.07, 6.45) is 17.4. The minimum absolute atomic E-state index is 0.289. The summed E-state index contributed by atoms with van der Waals surface area (Å²) in [5.74, 6) is 7.24. The van der Waals surface area contributed by atoms with Gasteiger partial charge in [0.05, 0.1) is 5.69 Å². The van der Waals surface area contributed by atoms with Crippen molar-refractivity contribution in [2.75, 3.05) is 0 Å². The zero-order valence-electron chi connectivity index (χ0n) is 34.8. The Kier molecular flexibility index (Phi) is 31.0. The Bertz CT molecular complexity index is 1460. The highest BCUT2D eigenvalue weighted by atomic mass is 32.2. The van der Waals surface area contributed by atoms with Gasteiger partial charge in [-0.1, -0.05) is 97.6 Å². The van der Waals surface area contributed by atoms with Crippen LogP contribution in [-0.2, 0) is 11.2 Å². The van der Waals surface area contributed by atoms with E-state index in [0.717, 1.165) is 70.5 Å². The molecule has 2 N–H and O–H groups in total. The van der Waals surface area contributed by atoms with Crippen molar-refractivity contribution in [3.63, 3.8) is 0 Å². The highest BCUT2D eigenvalue weighted by Crippen LogP contribution is 2.33. The van der Waals surface area contributed by atoms with E-state index in [0.29, 0.717) is 22.6 Å². The van der Waals surface area contributed by atoms with Crippen molar-refractivity contribution in [2.24, 2.45) is 5.92 Å². The summed E-state index contributed by atoms with van der Waals surface area (Å²) in [5, 5.41) is 15.6. The molecule has 1 heterocycles. The number of rotatable bonds is 17. The molecule has 0 amide bonds. The van der Waals surface area contributed by atoms with Crippen LogP contribution in [0.5, 0.6) is 5.75 Å². The lowest BCUT2D eigenvalue weighted by Gasteiger charge is -2.17. The zero-order chi connectivity index (χ0) is 40.8. The van der Waals surface area contributed by atoms with Crippen LogP contribution >= 0.6 is 11.8 Å². The van der Waals surface area contributed by atoms with E-state index in [2.05, 4.69) is 62.3 Å². The van der Waals surface area contributed by atoms with Crippen molar-refractivity contribution in [1.82, 2.24) is 4.98 Å². The Morgan fingerprint density at radius 3 is 2.04 bits per heavy atom. The van der Waals surface area contributed by atoms with Gasteiger partial charge in [-0.2, -0.15) is 8.78 Å². The Morgan fingerprint density at radius 2 is 1.62 bits per heavy atom. The second kappa shape index (κ2) is 31.9. The number of hydrogen-bond donors (Lipinski definition) is 2. The molecule has 8 heteroatoms. The third-order valence-electron chi connectivity index (χ3n) is 7.80. The van der Waals surface area contributed by atoms with Gasteiger partial charge in [-0.05, 0) is 108 Å². The minimum Gasteiger partial charge on any atom is -0.435 e. The fourth-order valence-corrected chi connectivity index (χ4v) is 6.28. The number of nitrogens with zero attached hydrogens (tertiary/aromatic N) is 1. The van der Waals surface area contributed by atoms with Crippen LogP contribution in [0.2, 0.25) is 0 Å². The van der Waals surface area contributed by atoms with Crippen LogP contribution in [0.4, 0.5) is 8.78 Å². The molecule has 0 saturated heterocycles. The van der Waals surface area contributed by atoms with Crippen molar-refractivity contribution in [3.8, 4) is 17.6 Å². The number of hydrogen-bond acceptors (Lipinski definition) is 6. The number of nitrogens with one attached hydrogen (secondary N) is 2. The summed E-state index contributed by atoms with van der Waals surface area (Å²) in [4.78, 5) is 15.5. The van der Waals surface area contributed by atoms with E-state index in [1.54, 1.807) is 26.1 Å². The molecule has 0 spiro atoms. The largest absolute Gasteiger partial charge is 0.435 e. The summed E-state index contributed by atoms with van der Waals surface area (Å²) in [6.45, 7) is 21.4. The lowest BCUT2D eigenvalue weighted by molar-refractivity contribution is -0.117. The van der Waals surface area contributed by atoms with Gasteiger partial charge in [0, 0.05) is 52.2 Å². The molecule has 53 heavy (non-hydrogen) atoms. The van der Waals surface area contributed by atoms with Crippen LogP contribution in [0.1, 0.15) is 156 Å². The number of ether oxygens (including phenoxy) is 1. The van der Waals surface area contributed by atoms with Crippen LogP contribution in [0.15, 0.2) is 53.1 Å². The normalized spacial score (nSPS) is 10.8. The molecule has 1 aromatic carbocycles. The Balaban J connectivity index is 0. The van der Waals surface area contributed by atoms with Gasteiger partial charge in [-0.15, -0.1) is 11.8 Å². The number of allylic oxidation sites excluding steroid dienone is 4. The number of Topliss-reactive ketones (excluding diaryl/α,β-unsaturated/α-hetero) is 1. The first kappa shape index (κ1) is 51.5. The molecule has 1 atom stereocenters. The van der Waals surface area contributed by atoms with Gasteiger partial charge in [0.25, 0.3) is 0 Å². The SMILES string of the molecule is CC(=N)c1cnc(C(C=N)=C(C)C)cc1C.CCC#C/C=C\C(C)CC.CCCC(C)=O.CCCc1cc(SC(CCC)CCC)ccc1OC(F)F. The van der Waals surface area contributed by atoms with Crippen LogP contribution in [0.25, 0.3) is 5.57 Å². The number of aromatic nitrogens is 1. The highest BCUT2D eigenvalue weighted by Gasteiger charge is 2.13.